The smallest absolute Gasteiger partial charge is 0.328 e. The zero-order valence-corrected chi connectivity index (χ0v) is 14.9. The zero-order valence-electron chi connectivity index (χ0n) is 14.1. The average molecular weight is 369 g/mol. The van der Waals surface area contributed by atoms with Crippen molar-refractivity contribution in [3.05, 3.63) is 76.9 Å². The Hall–Kier alpha value is -2.92. The molecule has 0 radical (unpaired) electrons. The lowest BCUT2D eigenvalue weighted by Gasteiger charge is -2.17. The van der Waals surface area contributed by atoms with Gasteiger partial charge in [-0.05, 0) is 11.6 Å². The number of esters is 1. The van der Waals surface area contributed by atoms with Crippen LogP contribution in [0.15, 0.2) is 60.8 Å². The van der Waals surface area contributed by atoms with Crippen molar-refractivity contribution in [3.63, 3.8) is 0 Å². The molecule has 5 nitrogen and oxygen atoms in total. The number of para-hydroxylation sites is 1. The van der Waals surface area contributed by atoms with Crippen LogP contribution in [0.25, 0.3) is 10.9 Å². The summed E-state index contributed by atoms with van der Waals surface area (Å²) < 4.78 is 4.82. The van der Waals surface area contributed by atoms with Crippen LogP contribution in [0.2, 0.25) is 5.02 Å². The second kappa shape index (κ2) is 7.97. The third-order valence-electron chi connectivity index (χ3n) is 4.03. The molecule has 1 aromatic heterocycles. The lowest BCUT2D eigenvalue weighted by molar-refractivity contribution is -0.142. The van der Waals surface area contributed by atoms with E-state index >= 15 is 0 Å². The van der Waals surface area contributed by atoms with Gasteiger partial charge in [-0.25, -0.2) is 4.79 Å². The fourth-order valence-electron chi connectivity index (χ4n) is 2.69. The van der Waals surface area contributed by atoms with Crippen molar-refractivity contribution in [1.29, 1.82) is 0 Å². The van der Waals surface area contributed by atoms with Gasteiger partial charge in [0.2, 0.25) is 0 Å². The van der Waals surface area contributed by atoms with Crippen LogP contribution in [0.5, 0.6) is 0 Å². The normalized spacial score (nSPS) is 11.8. The summed E-state index contributed by atoms with van der Waals surface area (Å²) in [4.78, 5) is 29.0. The van der Waals surface area contributed by atoms with E-state index in [0.29, 0.717) is 22.3 Å². The quantitative estimate of drug-likeness (QED) is 0.701. The van der Waals surface area contributed by atoms with E-state index in [0.717, 1.165) is 5.56 Å². The predicted molar refractivity (Wildman–Crippen MR) is 100 cm³/mol. The number of benzene rings is 2. The van der Waals surface area contributed by atoms with E-state index in [1.54, 1.807) is 6.07 Å². The highest BCUT2D eigenvalue weighted by atomic mass is 35.5. The predicted octanol–water partition coefficient (Wildman–Crippen LogP) is 3.40. The highest BCUT2D eigenvalue weighted by Gasteiger charge is 2.24. The Balaban J connectivity index is 1.86. The van der Waals surface area contributed by atoms with E-state index in [9.17, 15) is 9.59 Å². The highest BCUT2D eigenvalue weighted by Crippen LogP contribution is 2.25. The molecule has 0 saturated carbocycles. The van der Waals surface area contributed by atoms with Gasteiger partial charge < -0.3 is 10.1 Å². The molecule has 26 heavy (non-hydrogen) atoms. The van der Waals surface area contributed by atoms with E-state index in [1.165, 1.54) is 13.3 Å². The molecule has 1 atom stereocenters. The number of hydrogen-bond donors (Lipinski definition) is 1. The van der Waals surface area contributed by atoms with Crippen molar-refractivity contribution in [2.75, 3.05) is 7.11 Å². The Kier molecular flexibility index (Phi) is 5.49. The molecule has 0 aliphatic heterocycles. The third-order valence-corrected chi connectivity index (χ3v) is 4.44. The van der Waals surface area contributed by atoms with Crippen molar-refractivity contribution in [3.8, 4) is 0 Å². The van der Waals surface area contributed by atoms with E-state index < -0.39 is 17.9 Å². The van der Waals surface area contributed by atoms with Gasteiger partial charge >= 0.3 is 5.97 Å². The van der Waals surface area contributed by atoms with E-state index in [1.807, 2.05) is 48.5 Å². The van der Waals surface area contributed by atoms with Crippen LogP contribution >= 0.6 is 11.6 Å². The van der Waals surface area contributed by atoms with Gasteiger partial charge in [0.15, 0.2) is 0 Å². The molecular weight excluding hydrogens is 352 g/mol. The van der Waals surface area contributed by atoms with Crippen LogP contribution in [0.3, 0.4) is 0 Å². The first-order chi connectivity index (χ1) is 12.6. The molecule has 132 valence electrons. The summed E-state index contributed by atoms with van der Waals surface area (Å²) in [5.41, 5.74) is 1.82. The topological polar surface area (TPSA) is 68.3 Å². The van der Waals surface area contributed by atoms with Crippen LogP contribution in [-0.4, -0.2) is 30.0 Å². The second-order valence-electron chi connectivity index (χ2n) is 5.74. The molecule has 0 saturated heterocycles. The van der Waals surface area contributed by atoms with Gasteiger partial charge in [-0.15, -0.1) is 0 Å². The lowest BCUT2D eigenvalue weighted by atomic mass is 10.1. The minimum absolute atomic E-state index is 0.215. The molecule has 1 N–H and O–H groups in total. The van der Waals surface area contributed by atoms with Crippen LogP contribution in [0, 0.1) is 0 Å². The summed E-state index contributed by atoms with van der Waals surface area (Å²) in [6, 6.07) is 15.8. The first-order valence-corrected chi connectivity index (χ1v) is 8.44. The standard InChI is InChI=1S/C20H17ClN2O3/c1-26-20(25)17(11-13-7-3-2-4-8-13)23-19(24)15-12-22-16-10-6-5-9-14(16)18(15)21/h2-10,12,17H,11H2,1H3,(H,23,24)/t17-/m0/s1. The molecule has 0 fully saturated rings. The number of amides is 1. The minimum atomic E-state index is -0.822. The van der Waals surface area contributed by atoms with Gasteiger partial charge in [0, 0.05) is 18.0 Å². The number of fused-ring (bicyclic) bond motifs is 1. The van der Waals surface area contributed by atoms with Gasteiger partial charge in [-0.1, -0.05) is 60.1 Å². The first-order valence-electron chi connectivity index (χ1n) is 8.06. The largest absolute Gasteiger partial charge is 0.467 e. The van der Waals surface area contributed by atoms with Crippen LogP contribution in [0.1, 0.15) is 15.9 Å². The molecule has 0 unspecified atom stereocenters. The molecule has 1 heterocycles. The fraction of sp³-hybridized carbons (Fsp3) is 0.150. The minimum Gasteiger partial charge on any atom is -0.467 e. The monoisotopic (exact) mass is 368 g/mol. The summed E-state index contributed by atoms with van der Waals surface area (Å²) in [5, 5.41) is 3.68. The van der Waals surface area contributed by atoms with E-state index in [4.69, 9.17) is 16.3 Å². The number of halogens is 1. The molecule has 0 spiro atoms. The van der Waals surface area contributed by atoms with Gasteiger partial charge in [0.05, 0.1) is 23.2 Å². The highest BCUT2D eigenvalue weighted by molar-refractivity contribution is 6.38. The Bertz CT molecular complexity index is 944. The summed E-state index contributed by atoms with van der Waals surface area (Å²) in [6.07, 6.45) is 1.73. The molecular formula is C20H17ClN2O3. The van der Waals surface area contributed by atoms with Crippen molar-refractivity contribution < 1.29 is 14.3 Å². The Morgan fingerprint density at radius 1 is 1.12 bits per heavy atom. The number of pyridine rings is 1. The number of aromatic nitrogens is 1. The van der Waals surface area contributed by atoms with Crippen molar-refractivity contribution in [2.45, 2.75) is 12.5 Å². The van der Waals surface area contributed by atoms with Crippen LogP contribution < -0.4 is 5.32 Å². The number of carbonyl (C=O) groups is 2. The SMILES string of the molecule is COC(=O)[C@H](Cc1ccccc1)NC(=O)c1cnc2ccccc2c1Cl. The molecule has 0 bridgehead atoms. The number of ether oxygens (including phenoxy) is 1. The third kappa shape index (κ3) is 3.83. The number of nitrogens with zero attached hydrogens (tertiary/aromatic N) is 1. The average Bonchev–Trinajstić information content (AvgIpc) is 2.68. The zero-order chi connectivity index (χ0) is 18.5. The molecule has 3 aromatic rings. The number of nitrogens with one attached hydrogen (secondary N) is 1. The van der Waals surface area contributed by atoms with Gasteiger partial charge in [0.1, 0.15) is 6.04 Å². The molecule has 3 rings (SSSR count). The number of rotatable bonds is 5. The number of hydrogen-bond acceptors (Lipinski definition) is 4. The van der Waals surface area contributed by atoms with E-state index in [-0.39, 0.29) is 5.56 Å². The summed E-state index contributed by atoms with van der Waals surface area (Å²) >= 11 is 6.38. The maximum absolute atomic E-state index is 12.7. The molecule has 1 amide bonds. The molecule has 0 aliphatic rings. The van der Waals surface area contributed by atoms with Gasteiger partial charge in [0.25, 0.3) is 5.91 Å². The Morgan fingerprint density at radius 3 is 2.54 bits per heavy atom. The van der Waals surface area contributed by atoms with Crippen molar-refractivity contribution >= 4 is 34.4 Å². The Labute approximate surface area is 156 Å². The summed E-state index contributed by atoms with van der Waals surface area (Å²) in [5.74, 6) is -0.994. The van der Waals surface area contributed by atoms with Gasteiger partial charge in [-0.2, -0.15) is 0 Å². The molecule has 0 aliphatic carbocycles. The first kappa shape index (κ1) is 17.9. The number of methoxy groups -OCH3 is 1. The van der Waals surface area contributed by atoms with E-state index in [2.05, 4.69) is 10.3 Å². The Morgan fingerprint density at radius 2 is 1.81 bits per heavy atom. The summed E-state index contributed by atoms with van der Waals surface area (Å²) in [7, 11) is 1.29. The van der Waals surface area contributed by atoms with Gasteiger partial charge in [-0.3, -0.25) is 9.78 Å². The van der Waals surface area contributed by atoms with Crippen LogP contribution in [-0.2, 0) is 16.0 Å². The summed E-state index contributed by atoms with van der Waals surface area (Å²) in [6.45, 7) is 0. The molecule has 2 aromatic carbocycles. The fourth-order valence-corrected chi connectivity index (χ4v) is 2.98. The lowest BCUT2D eigenvalue weighted by Crippen LogP contribution is -2.43. The van der Waals surface area contributed by atoms with Crippen molar-refractivity contribution in [1.82, 2.24) is 10.3 Å². The second-order valence-corrected chi connectivity index (χ2v) is 6.12. The number of carbonyl (C=O) groups excluding carboxylic acids is 2. The molecule has 6 heteroatoms. The maximum atomic E-state index is 12.7. The van der Waals surface area contributed by atoms with Crippen molar-refractivity contribution in [2.24, 2.45) is 0 Å². The van der Waals surface area contributed by atoms with Crippen LogP contribution in [0.4, 0.5) is 0 Å². The maximum Gasteiger partial charge on any atom is 0.328 e.